The van der Waals surface area contributed by atoms with Gasteiger partial charge in [0.05, 0.1) is 12.6 Å². The summed E-state index contributed by atoms with van der Waals surface area (Å²) < 4.78 is 15.2. The maximum Gasteiger partial charge on any atom is 0.254 e. The second-order valence-corrected chi connectivity index (χ2v) is 7.14. The first-order valence-corrected chi connectivity index (χ1v) is 9.28. The Morgan fingerprint density at radius 3 is 2.83 bits per heavy atom. The number of carbonyl (C=O) groups is 2. The molecule has 8 nitrogen and oxygen atoms in total. The highest BCUT2D eigenvalue weighted by molar-refractivity contribution is 6.15. The molecule has 2 amide bonds. The summed E-state index contributed by atoms with van der Waals surface area (Å²) in [4.78, 5) is 28.0. The van der Waals surface area contributed by atoms with Crippen LogP contribution in [0, 0.1) is 5.82 Å². The van der Waals surface area contributed by atoms with Crippen molar-refractivity contribution in [3.63, 3.8) is 0 Å². The van der Waals surface area contributed by atoms with Crippen LogP contribution in [0.1, 0.15) is 24.8 Å². The molecule has 3 heterocycles. The quantitative estimate of drug-likeness (QED) is 0.456. The average molecular weight is 392 g/mol. The van der Waals surface area contributed by atoms with Crippen LogP contribution in [0.4, 0.5) is 21.7 Å². The number of hydrogen-bond donors (Lipinski definition) is 3. The summed E-state index contributed by atoms with van der Waals surface area (Å²) in [5.74, 6) is 0.181. The van der Waals surface area contributed by atoms with E-state index in [1.807, 2.05) is 6.07 Å². The number of benzene rings is 1. The Morgan fingerprint density at radius 1 is 1.24 bits per heavy atom. The third-order valence-electron chi connectivity index (χ3n) is 4.75. The minimum absolute atomic E-state index is 0.0323. The molecule has 3 N–H and O–H groups in total. The Balaban J connectivity index is 1.57. The van der Waals surface area contributed by atoms with E-state index in [1.165, 1.54) is 12.1 Å². The Kier molecular flexibility index (Phi) is 4.01. The largest absolute Gasteiger partial charge is 0.367 e. The number of halogens is 1. The number of aromatic nitrogens is 3. The molecule has 2 aromatic heterocycles. The molecule has 1 aromatic carbocycles. The van der Waals surface area contributed by atoms with Crippen molar-refractivity contribution in [3.05, 3.63) is 53.5 Å². The van der Waals surface area contributed by atoms with Crippen molar-refractivity contribution in [2.24, 2.45) is 0 Å². The predicted molar refractivity (Wildman–Crippen MR) is 105 cm³/mol. The highest BCUT2D eigenvalue weighted by Crippen LogP contribution is 2.29. The number of fused-ring (bicyclic) bond motifs is 1. The van der Waals surface area contributed by atoms with Crippen LogP contribution in [0.2, 0.25) is 0 Å². The topological polar surface area (TPSA) is 100 Å². The van der Waals surface area contributed by atoms with E-state index in [4.69, 9.17) is 0 Å². The molecular weight excluding hydrogens is 375 g/mol. The number of hydrogen-bond acceptors (Lipinski definition) is 6. The van der Waals surface area contributed by atoms with Gasteiger partial charge in [0.1, 0.15) is 17.5 Å². The summed E-state index contributed by atoms with van der Waals surface area (Å²) in [5, 5.41) is 13.2. The van der Waals surface area contributed by atoms with Crippen molar-refractivity contribution in [2.75, 3.05) is 10.6 Å². The van der Waals surface area contributed by atoms with E-state index in [2.05, 4.69) is 26.0 Å². The van der Waals surface area contributed by atoms with E-state index < -0.39 is 5.91 Å². The summed E-state index contributed by atoms with van der Waals surface area (Å²) in [6.07, 6.45) is 5.43. The zero-order valence-electron chi connectivity index (χ0n) is 15.3. The molecule has 9 heteroatoms. The minimum atomic E-state index is -0.403. The lowest BCUT2D eigenvalue weighted by atomic mass is 10.1. The zero-order chi connectivity index (χ0) is 20.0. The lowest BCUT2D eigenvalue weighted by Gasteiger charge is -2.11. The van der Waals surface area contributed by atoms with Gasteiger partial charge in [0.15, 0.2) is 5.65 Å². The molecule has 1 saturated heterocycles. The Morgan fingerprint density at radius 2 is 2.10 bits per heavy atom. The molecule has 5 rings (SSSR count). The highest BCUT2D eigenvalue weighted by Gasteiger charge is 2.25. The second-order valence-electron chi connectivity index (χ2n) is 7.14. The molecule has 146 valence electrons. The molecule has 29 heavy (non-hydrogen) atoms. The molecule has 1 aliphatic carbocycles. The van der Waals surface area contributed by atoms with Crippen molar-refractivity contribution in [1.29, 1.82) is 0 Å². The normalized spacial score (nSPS) is 17.8. The molecule has 3 aromatic rings. The number of amides is 2. The van der Waals surface area contributed by atoms with E-state index >= 15 is 0 Å². The molecule has 0 spiro atoms. The van der Waals surface area contributed by atoms with Crippen LogP contribution in [0.5, 0.6) is 0 Å². The van der Waals surface area contributed by atoms with E-state index in [1.54, 1.807) is 28.9 Å². The Labute approximate surface area is 164 Å². The molecule has 1 aliphatic heterocycles. The van der Waals surface area contributed by atoms with Crippen LogP contribution in [-0.2, 0) is 9.59 Å². The van der Waals surface area contributed by atoms with Gasteiger partial charge in [0.2, 0.25) is 5.91 Å². The van der Waals surface area contributed by atoms with Crippen molar-refractivity contribution < 1.29 is 14.0 Å². The molecule has 0 radical (unpaired) electrons. The van der Waals surface area contributed by atoms with Crippen LogP contribution in [0.25, 0.3) is 11.7 Å². The lowest BCUT2D eigenvalue weighted by Crippen LogP contribution is -2.19. The maximum atomic E-state index is 13.5. The summed E-state index contributed by atoms with van der Waals surface area (Å²) in [7, 11) is 0. The van der Waals surface area contributed by atoms with Crippen LogP contribution >= 0.6 is 0 Å². The molecule has 0 atom stereocenters. The number of nitrogens with zero attached hydrogens (tertiary/aromatic N) is 3. The Hall–Kier alpha value is -3.75. The first kappa shape index (κ1) is 17.4. The molecule has 1 saturated carbocycles. The van der Waals surface area contributed by atoms with Crippen LogP contribution in [0.3, 0.4) is 0 Å². The highest BCUT2D eigenvalue weighted by atomic mass is 19.1. The van der Waals surface area contributed by atoms with Crippen molar-refractivity contribution in [2.45, 2.75) is 25.3 Å². The first-order chi connectivity index (χ1) is 14.0. The molecule has 2 fully saturated rings. The van der Waals surface area contributed by atoms with Gasteiger partial charge in [-0.3, -0.25) is 14.9 Å². The van der Waals surface area contributed by atoms with Gasteiger partial charge in [-0.15, -0.1) is 0 Å². The number of nitrogens with one attached hydrogen (secondary N) is 3. The van der Waals surface area contributed by atoms with Gasteiger partial charge in [-0.1, -0.05) is 6.07 Å². The van der Waals surface area contributed by atoms with E-state index in [0.29, 0.717) is 34.3 Å². The van der Waals surface area contributed by atoms with Gasteiger partial charge in [-0.25, -0.2) is 9.37 Å². The maximum absolute atomic E-state index is 13.5. The molecule has 2 aliphatic rings. The monoisotopic (exact) mass is 392 g/mol. The fourth-order valence-corrected chi connectivity index (χ4v) is 3.21. The van der Waals surface area contributed by atoms with Gasteiger partial charge in [-0.05, 0) is 37.1 Å². The fourth-order valence-electron chi connectivity index (χ4n) is 3.21. The van der Waals surface area contributed by atoms with E-state index in [0.717, 1.165) is 18.7 Å². The summed E-state index contributed by atoms with van der Waals surface area (Å²) in [5.41, 5.74) is 2.08. The number of anilines is 3. The Bertz CT molecular complexity index is 1180. The average Bonchev–Trinajstić information content (AvgIpc) is 3.31. The van der Waals surface area contributed by atoms with Gasteiger partial charge >= 0.3 is 0 Å². The number of imide groups is 1. The third kappa shape index (κ3) is 3.54. The van der Waals surface area contributed by atoms with E-state index in [9.17, 15) is 14.0 Å². The van der Waals surface area contributed by atoms with E-state index in [-0.39, 0.29) is 18.1 Å². The van der Waals surface area contributed by atoms with Gasteiger partial charge in [0.25, 0.3) is 5.91 Å². The summed E-state index contributed by atoms with van der Waals surface area (Å²) in [6.45, 7) is 0. The van der Waals surface area contributed by atoms with Crippen molar-refractivity contribution in [3.8, 4) is 0 Å². The summed E-state index contributed by atoms with van der Waals surface area (Å²) >= 11 is 0. The molecular formula is C20H17FN6O2. The lowest BCUT2D eigenvalue weighted by molar-refractivity contribution is -0.124. The molecule has 0 bridgehead atoms. The molecule has 0 unspecified atom stereocenters. The third-order valence-corrected chi connectivity index (χ3v) is 4.75. The van der Waals surface area contributed by atoms with Gasteiger partial charge < -0.3 is 10.6 Å². The predicted octanol–water partition coefficient (Wildman–Crippen LogP) is 2.62. The fraction of sp³-hybridized carbons (Fsp3) is 0.200. The standard InChI is InChI=1S/C20H17FN6O2/c21-13-2-1-3-15(8-13)23-16-9-17(24-14-4-5-14)27-19(25-16)12(10-22-27)6-11-7-18(28)26-20(11)29/h1-3,6,8-10,14,24H,4-5,7H2,(H,23,25)(H,26,28,29)/b11-6+. The van der Waals surface area contributed by atoms with Crippen molar-refractivity contribution in [1.82, 2.24) is 19.9 Å². The number of carbonyl (C=O) groups excluding carboxylic acids is 2. The minimum Gasteiger partial charge on any atom is -0.367 e. The number of rotatable bonds is 5. The second kappa shape index (κ2) is 6.69. The smallest absolute Gasteiger partial charge is 0.254 e. The van der Waals surface area contributed by atoms with Crippen LogP contribution in [-0.4, -0.2) is 32.5 Å². The summed E-state index contributed by atoms with van der Waals surface area (Å²) in [6, 6.07) is 8.31. The van der Waals surface area contributed by atoms with Gasteiger partial charge in [0, 0.05) is 28.9 Å². The first-order valence-electron chi connectivity index (χ1n) is 9.28. The van der Waals surface area contributed by atoms with Crippen LogP contribution < -0.4 is 16.0 Å². The van der Waals surface area contributed by atoms with Crippen molar-refractivity contribution >= 4 is 40.9 Å². The zero-order valence-corrected chi connectivity index (χ0v) is 15.3. The van der Waals surface area contributed by atoms with Gasteiger partial charge in [-0.2, -0.15) is 9.61 Å². The van der Waals surface area contributed by atoms with Crippen LogP contribution in [0.15, 0.2) is 42.1 Å². The SMILES string of the molecule is O=C1C/C(=C\c2cnn3c(NC4CC4)cc(Nc4cccc(F)c4)nc23)C(=O)N1.